The SMILES string of the molecule is O=C(NN1CCCC1)c1nn(-c2ccc(Cl)cc2Cl)c2c1CCCC2=Cc1ccco1. The summed E-state index contributed by atoms with van der Waals surface area (Å²) in [6, 6.07) is 9.07. The number of halogens is 2. The minimum atomic E-state index is -0.179. The molecule has 3 aromatic rings. The Labute approximate surface area is 190 Å². The van der Waals surface area contributed by atoms with Gasteiger partial charge in [0.1, 0.15) is 5.76 Å². The van der Waals surface area contributed by atoms with Gasteiger partial charge in [-0.15, -0.1) is 0 Å². The zero-order chi connectivity index (χ0) is 21.4. The minimum absolute atomic E-state index is 0.179. The summed E-state index contributed by atoms with van der Waals surface area (Å²) in [6.07, 6.45) is 8.41. The molecule has 6 nitrogen and oxygen atoms in total. The molecule has 1 fully saturated rings. The Balaban J connectivity index is 1.64. The summed E-state index contributed by atoms with van der Waals surface area (Å²) in [6.45, 7) is 1.72. The number of carbonyl (C=O) groups excluding carboxylic acids is 1. The molecule has 1 aromatic carbocycles. The van der Waals surface area contributed by atoms with Crippen LogP contribution < -0.4 is 5.43 Å². The van der Waals surface area contributed by atoms with E-state index in [2.05, 4.69) is 5.43 Å². The van der Waals surface area contributed by atoms with Crippen LogP contribution in [0.15, 0.2) is 41.0 Å². The Bertz CT molecular complexity index is 1140. The number of benzene rings is 1. The van der Waals surface area contributed by atoms with Gasteiger partial charge in [-0.3, -0.25) is 10.2 Å². The van der Waals surface area contributed by atoms with Gasteiger partial charge in [0.05, 0.1) is 22.7 Å². The number of rotatable bonds is 4. The zero-order valence-corrected chi connectivity index (χ0v) is 18.4. The van der Waals surface area contributed by atoms with Gasteiger partial charge in [-0.1, -0.05) is 23.2 Å². The number of fused-ring (bicyclic) bond motifs is 1. The number of hydrogen-bond donors (Lipinski definition) is 1. The normalized spacial score (nSPS) is 17.8. The van der Waals surface area contributed by atoms with Crippen LogP contribution in [0.2, 0.25) is 10.0 Å². The van der Waals surface area contributed by atoms with E-state index < -0.39 is 0 Å². The molecule has 2 aliphatic rings. The van der Waals surface area contributed by atoms with Gasteiger partial charge in [0.15, 0.2) is 5.69 Å². The van der Waals surface area contributed by atoms with E-state index in [-0.39, 0.29) is 5.91 Å². The Hall–Kier alpha value is -2.54. The van der Waals surface area contributed by atoms with Crippen molar-refractivity contribution in [2.75, 3.05) is 13.1 Å². The second-order valence-electron chi connectivity index (χ2n) is 7.86. The van der Waals surface area contributed by atoms with Crippen LogP contribution in [0.5, 0.6) is 0 Å². The molecule has 1 aliphatic heterocycles. The van der Waals surface area contributed by atoms with E-state index in [0.717, 1.165) is 67.8 Å². The maximum atomic E-state index is 13.2. The molecule has 0 spiro atoms. The molecular formula is C23H22Cl2N4O2. The van der Waals surface area contributed by atoms with E-state index in [1.165, 1.54) is 0 Å². The molecule has 0 atom stereocenters. The van der Waals surface area contributed by atoms with Gasteiger partial charge in [-0.25, -0.2) is 9.69 Å². The van der Waals surface area contributed by atoms with Gasteiger partial charge in [0.25, 0.3) is 5.91 Å². The Morgan fingerprint density at radius 1 is 1.13 bits per heavy atom. The molecule has 0 radical (unpaired) electrons. The average molecular weight is 457 g/mol. The van der Waals surface area contributed by atoms with Crippen molar-refractivity contribution in [1.29, 1.82) is 0 Å². The van der Waals surface area contributed by atoms with Crippen LogP contribution in [-0.2, 0) is 6.42 Å². The van der Waals surface area contributed by atoms with Gasteiger partial charge in [-0.2, -0.15) is 5.10 Å². The van der Waals surface area contributed by atoms with E-state index >= 15 is 0 Å². The number of hydrogen-bond acceptors (Lipinski definition) is 4. The molecule has 1 saturated heterocycles. The van der Waals surface area contributed by atoms with E-state index in [1.807, 2.05) is 29.3 Å². The largest absolute Gasteiger partial charge is 0.465 e. The van der Waals surface area contributed by atoms with E-state index in [0.29, 0.717) is 21.4 Å². The van der Waals surface area contributed by atoms with Crippen molar-refractivity contribution in [2.45, 2.75) is 32.1 Å². The first-order chi connectivity index (χ1) is 15.1. The van der Waals surface area contributed by atoms with Crippen LogP contribution in [0.3, 0.4) is 0 Å². The Morgan fingerprint density at radius 2 is 1.97 bits per heavy atom. The summed E-state index contributed by atoms with van der Waals surface area (Å²) in [5, 5.41) is 7.74. The number of aromatic nitrogens is 2. The van der Waals surface area contributed by atoms with Crippen molar-refractivity contribution in [3.63, 3.8) is 0 Å². The van der Waals surface area contributed by atoms with Crippen molar-refractivity contribution in [3.8, 4) is 5.69 Å². The molecule has 0 bridgehead atoms. The molecular weight excluding hydrogens is 435 g/mol. The zero-order valence-electron chi connectivity index (χ0n) is 16.9. The number of nitrogens with one attached hydrogen (secondary N) is 1. The number of amides is 1. The van der Waals surface area contributed by atoms with Crippen molar-refractivity contribution in [1.82, 2.24) is 20.2 Å². The Morgan fingerprint density at radius 3 is 2.71 bits per heavy atom. The van der Waals surface area contributed by atoms with Crippen molar-refractivity contribution < 1.29 is 9.21 Å². The molecule has 1 amide bonds. The Kier molecular flexibility index (Phi) is 5.61. The lowest BCUT2D eigenvalue weighted by Gasteiger charge is -2.19. The number of nitrogens with zero attached hydrogens (tertiary/aromatic N) is 3. The molecule has 3 heterocycles. The monoisotopic (exact) mass is 456 g/mol. The third kappa shape index (κ3) is 4.03. The van der Waals surface area contributed by atoms with Gasteiger partial charge < -0.3 is 4.42 Å². The van der Waals surface area contributed by atoms with Gasteiger partial charge in [0.2, 0.25) is 0 Å². The number of hydrazine groups is 1. The predicted octanol–water partition coefficient (Wildman–Crippen LogP) is 5.39. The van der Waals surface area contributed by atoms with Gasteiger partial charge >= 0.3 is 0 Å². The van der Waals surface area contributed by atoms with Crippen LogP contribution >= 0.6 is 23.2 Å². The van der Waals surface area contributed by atoms with E-state index in [4.69, 9.17) is 32.7 Å². The first-order valence-electron chi connectivity index (χ1n) is 10.5. The van der Waals surface area contributed by atoms with Crippen molar-refractivity contribution in [3.05, 3.63) is 69.4 Å². The summed E-state index contributed by atoms with van der Waals surface area (Å²) < 4.78 is 7.32. The molecule has 0 unspecified atom stereocenters. The van der Waals surface area contributed by atoms with Crippen molar-refractivity contribution in [2.24, 2.45) is 0 Å². The second kappa shape index (κ2) is 8.54. The standard InChI is InChI=1S/C23H22Cl2N4O2/c24-16-8-9-20(19(25)14-16)29-22-15(13-17-6-4-12-31-17)5-3-7-18(22)21(26-29)23(30)27-28-10-1-2-11-28/h4,6,8-9,12-14H,1-3,5,7,10-11H2,(H,27,30). The lowest BCUT2D eigenvalue weighted by atomic mass is 9.90. The summed E-state index contributed by atoms with van der Waals surface area (Å²) in [5.74, 6) is 0.585. The van der Waals surface area contributed by atoms with Crippen LogP contribution in [0, 0.1) is 0 Å². The van der Waals surface area contributed by atoms with Crippen LogP contribution in [-0.4, -0.2) is 33.8 Å². The number of furan rings is 1. The summed E-state index contributed by atoms with van der Waals surface area (Å²) in [7, 11) is 0. The number of carbonyl (C=O) groups is 1. The highest BCUT2D eigenvalue weighted by atomic mass is 35.5. The highest BCUT2D eigenvalue weighted by Crippen LogP contribution is 2.37. The molecule has 160 valence electrons. The summed E-state index contributed by atoms with van der Waals surface area (Å²) in [5.41, 5.74) is 7.06. The highest BCUT2D eigenvalue weighted by molar-refractivity contribution is 6.35. The van der Waals surface area contributed by atoms with Crippen molar-refractivity contribution >= 4 is 40.8 Å². The lowest BCUT2D eigenvalue weighted by molar-refractivity contribution is 0.0819. The summed E-state index contributed by atoms with van der Waals surface area (Å²) in [4.78, 5) is 13.2. The average Bonchev–Trinajstić information content (AvgIpc) is 3.49. The molecule has 31 heavy (non-hydrogen) atoms. The third-order valence-corrected chi connectivity index (χ3v) is 6.28. The minimum Gasteiger partial charge on any atom is -0.465 e. The molecule has 8 heteroatoms. The fraction of sp³-hybridized carbons (Fsp3) is 0.304. The second-order valence-corrected chi connectivity index (χ2v) is 8.70. The quantitative estimate of drug-likeness (QED) is 0.571. The maximum absolute atomic E-state index is 13.2. The highest BCUT2D eigenvalue weighted by Gasteiger charge is 2.30. The third-order valence-electron chi connectivity index (χ3n) is 5.74. The van der Waals surface area contributed by atoms with Gasteiger partial charge in [-0.05, 0) is 74.1 Å². The van der Waals surface area contributed by atoms with E-state index in [1.54, 1.807) is 23.1 Å². The first kappa shape index (κ1) is 20.4. The fourth-order valence-corrected chi connectivity index (χ4v) is 4.80. The lowest BCUT2D eigenvalue weighted by Crippen LogP contribution is -2.40. The van der Waals surface area contributed by atoms with Crippen LogP contribution in [0.4, 0.5) is 0 Å². The smallest absolute Gasteiger partial charge is 0.286 e. The topological polar surface area (TPSA) is 63.3 Å². The van der Waals surface area contributed by atoms with Gasteiger partial charge in [0, 0.05) is 23.7 Å². The maximum Gasteiger partial charge on any atom is 0.286 e. The van der Waals surface area contributed by atoms with E-state index in [9.17, 15) is 4.79 Å². The molecule has 1 N–H and O–H groups in total. The first-order valence-corrected chi connectivity index (χ1v) is 11.2. The molecule has 5 rings (SSSR count). The molecule has 2 aromatic heterocycles. The number of allylic oxidation sites excluding steroid dienone is 1. The van der Waals surface area contributed by atoms with Crippen LogP contribution in [0.25, 0.3) is 17.3 Å². The molecule has 1 aliphatic carbocycles. The molecule has 0 saturated carbocycles. The van der Waals surface area contributed by atoms with Crippen LogP contribution in [0.1, 0.15) is 53.2 Å². The summed E-state index contributed by atoms with van der Waals surface area (Å²) >= 11 is 12.6. The predicted molar refractivity (Wildman–Crippen MR) is 121 cm³/mol. The fourth-order valence-electron chi connectivity index (χ4n) is 4.31.